The lowest BCUT2D eigenvalue weighted by molar-refractivity contribution is -0.185. The number of ether oxygens (including phenoxy) is 2. The molecule has 0 amide bonds. The van der Waals surface area contributed by atoms with E-state index in [0.29, 0.717) is 19.6 Å². The van der Waals surface area contributed by atoms with Crippen LogP contribution in [0.4, 0.5) is 0 Å². The maximum Gasteiger partial charge on any atom is 0.303 e. The molecule has 1 heterocycles. The molecule has 3 rings (SSSR count). The van der Waals surface area contributed by atoms with E-state index in [1.807, 2.05) is 32.0 Å². The zero-order valence-electron chi connectivity index (χ0n) is 14.2. The maximum absolute atomic E-state index is 11.0. The minimum absolute atomic E-state index is 0.0553. The number of benzene rings is 1. The molecule has 1 saturated heterocycles. The molecule has 0 aromatic heterocycles. The van der Waals surface area contributed by atoms with Crippen LogP contribution in [0.15, 0.2) is 30.3 Å². The minimum atomic E-state index is -0.723. The third-order valence-corrected chi connectivity index (χ3v) is 4.99. The van der Waals surface area contributed by atoms with Crippen LogP contribution in [0.2, 0.25) is 0 Å². The largest absolute Gasteiger partial charge is 0.481 e. The highest BCUT2D eigenvalue weighted by Gasteiger charge is 2.46. The number of hydrogen-bond acceptors (Lipinski definition) is 3. The second-order valence-corrected chi connectivity index (χ2v) is 6.15. The predicted molar refractivity (Wildman–Crippen MR) is 89.4 cm³/mol. The third kappa shape index (κ3) is 4.12. The quantitative estimate of drug-likeness (QED) is 0.906. The number of carboxylic acids is 1. The van der Waals surface area contributed by atoms with E-state index in [2.05, 4.69) is 12.1 Å². The van der Waals surface area contributed by atoms with Gasteiger partial charge in [-0.1, -0.05) is 44.2 Å². The first kappa shape index (κ1) is 18.0. The molecule has 0 atom stereocenters. The molecule has 0 bridgehead atoms. The van der Waals surface area contributed by atoms with Crippen LogP contribution in [0.3, 0.4) is 0 Å². The van der Waals surface area contributed by atoms with Gasteiger partial charge in [-0.2, -0.15) is 0 Å². The molecule has 1 spiro atoms. The predicted octanol–water partition coefficient (Wildman–Crippen LogP) is 4.13. The molecule has 1 saturated carbocycles. The SMILES string of the molecule is CC.O=C(O)CCC1(c2ccccc2)CCC2(CC1)OCCO2. The van der Waals surface area contributed by atoms with Crippen molar-refractivity contribution in [2.45, 2.75) is 63.6 Å². The lowest BCUT2D eigenvalue weighted by atomic mass is 9.65. The van der Waals surface area contributed by atoms with E-state index in [9.17, 15) is 4.79 Å². The molecule has 1 aliphatic heterocycles. The molecule has 0 radical (unpaired) electrons. The summed E-state index contributed by atoms with van der Waals surface area (Å²) in [6.45, 7) is 5.35. The van der Waals surface area contributed by atoms with Gasteiger partial charge < -0.3 is 14.6 Å². The summed E-state index contributed by atoms with van der Waals surface area (Å²) in [5.41, 5.74) is 1.19. The first-order valence-corrected chi connectivity index (χ1v) is 8.70. The molecular formula is C19H28O4. The Morgan fingerprint density at radius 2 is 1.61 bits per heavy atom. The summed E-state index contributed by atoms with van der Waals surface area (Å²) in [5.74, 6) is -1.12. The van der Waals surface area contributed by atoms with Gasteiger partial charge in [0, 0.05) is 19.3 Å². The number of carbonyl (C=O) groups is 1. The smallest absolute Gasteiger partial charge is 0.303 e. The van der Waals surface area contributed by atoms with Crippen molar-refractivity contribution in [3.8, 4) is 0 Å². The van der Waals surface area contributed by atoms with Crippen molar-refractivity contribution in [2.75, 3.05) is 13.2 Å². The van der Waals surface area contributed by atoms with Gasteiger partial charge in [-0.05, 0) is 30.2 Å². The van der Waals surface area contributed by atoms with Crippen molar-refractivity contribution in [2.24, 2.45) is 0 Å². The normalized spacial score (nSPS) is 21.5. The minimum Gasteiger partial charge on any atom is -0.481 e. The maximum atomic E-state index is 11.0. The first-order chi connectivity index (χ1) is 11.1. The molecule has 0 unspecified atom stereocenters. The van der Waals surface area contributed by atoms with E-state index < -0.39 is 11.8 Å². The van der Waals surface area contributed by atoms with Gasteiger partial charge in [0.1, 0.15) is 0 Å². The van der Waals surface area contributed by atoms with Crippen molar-refractivity contribution in [1.82, 2.24) is 0 Å². The number of carboxylic acid groups (broad SMARTS) is 1. The van der Waals surface area contributed by atoms with Crippen molar-refractivity contribution in [3.05, 3.63) is 35.9 Å². The Morgan fingerprint density at radius 1 is 1.04 bits per heavy atom. The summed E-state index contributed by atoms with van der Waals surface area (Å²) in [6.07, 6.45) is 4.43. The van der Waals surface area contributed by atoms with Crippen molar-refractivity contribution >= 4 is 5.97 Å². The Kier molecular flexibility index (Phi) is 6.19. The molecular weight excluding hydrogens is 292 g/mol. The van der Waals surface area contributed by atoms with Crippen molar-refractivity contribution in [3.63, 3.8) is 0 Å². The average molecular weight is 320 g/mol. The lowest BCUT2D eigenvalue weighted by Crippen LogP contribution is -2.42. The molecule has 2 aliphatic rings. The molecule has 1 N–H and O–H groups in total. The Hall–Kier alpha value is -1.39. The second kappa shape index (κ2) is 7.93. The molecule has 1 aromatic rings. The summed E-state index contributed by atoms with van der Waals surface area (Å²) >= 11 is 0. The lowest BCUT2D eigenvalue weighted by Gasteiger charge is -2.44. The van der Waals surface area contributed by atoms with Gasteiger partial charge in [0.05, 0.1) is 13.2 Å². The third-order valence-electron chi connectivity index (χ3n) is 4.99. The summed E-state index contributed by atoms with van der Waals surface area (Å²) in [4.78, 5) is 11.0. The zero-order chi connectivity index (χ0) is 16.8. The molecule has 128 valence electrons. The zero-order valence-corrected chi connectivity index (χ0v) is 14.2. The molecule has 4 nitrogen and oxygen atoms in total. The van der Waals surface area contributed by atoms with Crippen LogP contribution in [0.25, 0.3) is 0 Å². The Bertz CT molecular complexity index is 481. The van der Waals surface area contributed by atoms with Gasteiger partial charge >= 0.3 is 5.97 Å². The van der Waals surface area contributed by atoms with E-state index in [1.54, 1.807) is 0 Å². The number of aliphatic carboxylic acids is 1. The summed E-state index contributed by atoms with van der Waals surface area (Å²) in [6, 6.07) is 10.3. The van der Waals surface area contributed by atoms with Crippen molar-refractivity contribution < 1.29 is 19.4 Å². The highest BCUT2D eigenvalue weighted by atomic mass is 16.7. The van der Waals surface area contributed by atoms with Gasteiger partial charge in [-0.15, -0.1) is 0 Å². The Labute approximate surface area is 138 Å². The number of hydrogen-bond donors (Lipinski definition) is 1. The Balaban J connectivity index is 0.000000924. The molecule has 23 heavy (non-hydrogen) atoms. The van der Waals surface area contributed by atoms with Crippen LogP contribution in [-0.4, -0.2) is 30.1 Å². The van der Waals surface area contributed by atoms with Crippen LogP contribution < -0.4 is 0 Å². The van der Waals surface area contributed by atoms with E-state index in [4.69, 9.17) is 14.6 Å². The van der Waals surface area contributed by atoms with Crippen LogP contribution in [0.1, 0.15) is 57.9 Å². The highest BCUT2D eigenvalue weighted by molar-refractivity contribution is 5.66. The van der Waals surface area contributed by atoms with Gasteiger partial charge in [-0.25, -0.2) is 0 Å². The topological polar surface area (TPSA) is 55.8 Å². The fourth-order valence-electron chi connectivity index (χ4n) is 3.72. The van der Waals surface area contributed by atoms with Gasteiger partial charge in [0.15, 0.2) is 5.79 Å². The summed E-state index contributed by atoms with van der Waals surface area (Å²) in [5, 5.41) is 9.06. The van der Waals surface area contributed by atoms with E-state index >= 15 is 0 Å². The van der Waals surface area contributed by atoms with Crippen LogP contribution in [0.5, 0.6) is 0 Å². The highest BCUT2D eigenvalue weighted by Crippen LogP contribution is 2.48. The van der Waals surface area contributed by atoms with Crippen LogP contribution >= 0.6 is 0 Å². The average Bonchev–Trinajstić information content (AvgIpc) is 3.06. The Morgan fingerprint density at radius 3 is 2.13 bits per heavy atom. The molecule has 2 fully saturated rings. The monoisotopic (exact) mass is 320 g/mol. The van der Waals surface area contributed by atoms with Gasteiger partial charge in [-0.3, -0.25) is 4.79 Å². The molecule has 4 heteroatoms. The van der Waals surface area contributed by atoms with Crippen LogP contribution in [0, 0.1) is 0 Å². The fraction of sp³-hybridized carbons (Fsp3) is 0.632. The summed E-state index contributed by atoms with van der Waals surface area (Å²) in [7, 11) is 0. The summed E-state index contributed by atoms with van der Waals surface area (Å²) < 4.78 is 11.6. The fourth-order valence-corrected chi connectivity index (χ4v) is 3.72. The van der Waals surface area contributed by atoms with E-state index in [1.165, 1.54) is 5.56 Å². The number of rotatable bonds is 4. The molecule has 1 aliphatic carbocycles. The molecule has 1 aromatic carbocycles. The van der Waals surface area contributed by atoms with Crippen LogP contribution in [-0.2, 0) is 19.7 Å². The standard InChI is InChI=1S/C17H22O4.C2H6/c18-15(19)6-7-16(14-4-2-1-3-5-14)8-10-17(11-9-16)20-12-13-21-17;1-2/h1-5H,6-13H2,(H,18,19);1-2H3. The van der Waals surface area contributed by atoms with E-state index in [-0.39, 0.29) is 11.8 Å². The first-order valence-electron chi connectivity index (χ1n) is 8.70. The van der Waals surface area contributed by atoms with Crippen molar-refractivity contribution in [1.29, 1.82) is 0 Å². The van der Waals surface area contributed by atoms with Gasteiger partial charge in [0.25, 0.3) is 0 Å². The van der Waals surface area contributed by atoms with Gasteiger partial charge in [0.2, 0.25) is 0 Å². The second-order valence-electron chi connectivity index (χ2n) is 6.15. The van der Waals surface area contributed by atoms with E-state index in [0.717, 1.165) is 25.7 Å².